The molecule has 3 aromatic rings. The smallest absolute Gasteiger partial charge is 0.254 e. The molecule has 0 fully saturated rings. The zero-order chi connectivity index (χ0) is 23.6. The number of ether oxygens (including phenoxy) is 1. The Morgan fingerprint density at radius 3 is 2.24 bits per heavy atom. The van der Waals surface area contributed by atoms with Crippen LogP contribution in [0.3, 0.4) is 0 Å². The van der Waals surface area contributed by atoms with Crippen LogP contribution in [0.1, 0.15) is 41.4 Å². The van der Waals surface area contributed by atoms with Gasteiger partial charge in [0.15, 0.2) is 0 Å². The van der Waals surface area contributed by atoms with E-state index in [1.165, 1.54) is 0 Å². The van der Waals surface area contributed by atoms with E-state index in [4.69, 9.17) is 4.74 Å². The number of unbranched alkanes of at least 4 members (excludes halogenated alkanes) is 1. The van der Waals surface area contributed by atoms with E-state index in [1.54, 1.807) is 36.3 Å². The number of carbonyl (C=O) groups is 2. The summed E-state index contributed by atoms with van der Waals surface area (Å²) in [4.78, 5) is 30.2. The summed E-state index contributed by atoms with van der Waals surface area (Å²) in [5.74, 6) is 0.482. The van der Waals surface area contributed by atoms with Crippen LogP contribution in [0.5, 0.6) is 5.75 Å². The van der Waals surface area contributed by atoms with Crippen molar-refractivity contribution in [3.05, 3.63) is 89.7 Å². The third-order valence-corrected chi connectivity index (χ3v) is 5.71. The van der Waals surface area contributed by atoms with Crippen LogP contribution in [0, 0.1) is 0 Å². The molecule has 0 bridgehead atoms. The molecule has 0 N–H and O–H groups in total. The number of methoxy groups -OCH3 is 1. The second-order valence-corrected chi connectivity index (χ2v) is 8.15. The molecule has 0 saturated carbocycles. The number of benzene rings is 2. The summed E-state index contributed by atoms with van der Waals surface area (Å²) in [7, 11) is 3.57. The molecular formula is C27H33N3O3. The van der Waals surface area contributed by atoms with Gasteiger partial charge >= 0.3 is 0 Å². The average molecular weight is 448 g/mol. The predicted molar refractivity (Wildman–Crippen MR) is 130 cm³/mol. The highest BCUT2D eigenvalue weighted by molar-refractivity contribution is 5.96. The summed E-state index contributed by atoms with van der Waals surface area (Å²) in [5.41, 5.74) is 2.65. The topological polar surface area (TPSA) is 54.8 Å². The summed E-state index contributed by atoms with van der Waals surface area (Å²) in [6.07, 6.45) is 3.75. The van der Waals surface area contributed by atoms with E-state index < -0.39 is 0 Å². The summed E-state index contributed by atoms with van der Waals surface area (Å²) < 4.78 is 7.22. The number of hydrogen-bond acceptors (Lipinski definition) is 3. The Balaban J connectivity index is 1.80. The Kier molecular flexibility index (Phi) is 8.70. The van der Waals surface area contributed by atoms with Crippen LogP contribution in [-0.2, 0) is 24.9 Å². The molecule has 6 nitrogen and oxygen atoms in total. The molecular weight excluding hydrogens is 414 g/mol. The number of hydrogen-bond donors (Lipinski definition) is 0. The van der Waals surface area contributed by atoms with Crippen molar-refractivity contribution in [2.24, 2.45) is 7.05 Å². The van der Waals surface area contributed by atoms with Crippen LogP contribution >= 0.6 is 0 Å². The fourth-order valence-corrected chi connectivity index (χ4v) is 3.67. The normalized spacial score (nSPS) is 10.6. The molecule has 0 atom stereocenters. The molecule has 0 spiro atoms. The van der Waals surface area contributed by atoms with Crippen molar-refractivity contribution >= 4 is 11.8 Å². The van der Waals surface area contributed by atoms with E-state index in [0.29, 0.717) is 30.9 Å². The molecule has 3 rings (SSSR count). The number of amides is 2. The second kappa shape index (κ2) is 11.9. The van der Waals surface area contributed by atoms with Gasteiger partial charge in [-0.05, 0) is 48.4 Å². The zero-order valence-electron chi connectivity index (χ0n) is 19.7. The second-order valence-electron chi connectivity index (χ2n) is 8.15. The lowest BCUT2D eigenvalue weighted by atomic mass is 10.1. The summed E-state index contributed by atoms with van der Waals surface area (Å²) in [5, 5.41) is 0. The third kappa shape index (κ3) is 6.72. The van der Waals surface area contributed by atoms with Crippen LogP contribution in [0.4, 0.5) is 0 Å². The van der Waals surface area contributed by atoms with E-state index >= 15 is 0 Å². The van der Waals surface area contributed by atoms with Crippen LogP contribution in [0.25, 0.3) is 0 Å². The summed E-state index contributed by atoms with van der Waals surface area (Å²) >= 11 is 0. The van der Waals surface area contributed by atoms with E-state index in [-0.39, 0.29) is 18.4 Å². The van der Waals surface area contributed by atoms with Crippen molar-refractivity contribution in [3.63, 3.8) is 0 Å². The predicted octanol–water partition coefficient (Wildman–Crippen LogP) is 4.51. The van der Waals surface area contributed by atoms with Gasteiger partial charge in [0, 0.05) is 37.6 Å². The Morgan fingerprint density at radius 1 is 0.909 bits per heavy atom. The fourth-order valence-electron chi connectivity index (χ4n) is 3.67. The van der Waals surface area contributed by atoms with Crippen molar-refractivity contribution in [1.29, 1.82) is 0 Å². The van der Waals surface area contributed by atoms with Gasteiger partial charge in [-0.2, -0.15) is 0 Å². The number of carbonyl (C=O) groups excluding carboxylic acids is 2. The van der Waals surface area contributed by atoms with Crippen LogP contribution < -0.4 is 4.74 Å². The van der Waals surface area contributed by atoms with Gasteiger partial charge in [-0.25, -0.2) is 0 Å². The lowest BCUT2D eigenvalue weighted by molar-refractivity contribution is -0.133. The standard InChI is InChI=1S/C27H33N3O3/c1-4-5-18-29(27(32)23-13-15-25(33-3)16-14-23)21-26(31)30(19-22-10-7-6-8-11-22)20-24-12-9-17-28(24)2/h6-17H,4-5,18-21H2,1-3H3. The van der Waals surface area contributed by atoms with Crippen LogP contribution in [0.2, 0.25) is 0 Å². The van der Waals surface area contributed by atoms with Crippen LogP contribution in [0.15, 0.2) is 72.9 Å². The van der Waals surface area contributed by atoms with E-state index in [2.05, 4.69) is 6.92 Å². The van der Waals surface area contributed by atoms with Gasteiger partial charge in [0.05, 0.1) is 13.7 Å². The minimum absolute atomic E-state index is 0.0438. The SMILES string of the molecule is CCCCN(CC(=O)N(Cc1ccccc1)Cc1cccn1C)C(=O)c1ccc(OC)cc1. The highest BCUT2D eigenvalue weighted by Crippen LogP contribution is 2.15. The van der Waals surface area contributed by atoms with Crippen molar-refractivity contribution in [1.82, 2.24) is 14.4 Å². The lowest BCUT2D eigenvalue weighted by Gasteiger charge is -2.28. The third-order valence-electron chi connectivity index (χ3n) is 5.71. The Bertz CT molecular complexity index is 1030. The Hall–Kier alpha value is -3.54. The van der Waals surface area contributed by atoms with Gasteiger partial charge in [-0.15, -0.1) is 0 Å². The molecule has 2 aromatic carbocycles. The van der Waals surface area contributed by atoms with Gasteiger partial charge in [0.2, 0.25) is 5.91 Å². The lowest BCUT2D eigenvalue weighted by Crippen LogP contribution is -2.43. The molecule has 0 unspecified atom stereocenters. The number of aromatic nitrogens is 1. The summed E-state index contributed by atoms with van der Waals surface area (Å²) in [6, 6.07) is 21.0. The minimum Gasteiger partial charge on any atom is -0.497 e. The first-order valence-corrected chi connectivity index (χ1v) is 11.4. The van der Waals surface area contributed by atoms with Crippen molar-refractivity contribution in [2.75, 3.05) is 20.2 Å². The summed E-state index contributed by atoms with van der Waals surface area (Å²) in [6.45, 7) is 3.63. The van der Waals surface area contributed by atoms with Crippen molar-refractivity contribution in [3.8, 4) is 5.75 Å². The van der Waals surface area contributed by atoms with E-state index in [9.17, 15) is 9.59 Å². The maximum atomic E-state index is 13.5. The monoisotopic (exact) mass is 447 g/mol. The van der Waals surface area contributed by atoms with Crippen molar-refractivity contribution < 1.29 is 14.3 Å². The molecule has 0 aliphatic rings. The number of rotatable bonds is 11. The molecule has 2 amide bonds. The van der Waals surface area contributed by atoms with Gasteiger partial charge in [-0.1, -0.05) is 43.7 Å². The molecule has 33 heavy (non-hydrogen) atoms. The Morgan fingerprint density at radius 2 is 1.64 bits per heavy atom. The average Bonchev–Trinajstić information content (AvgIpc) is 3.25. The largest absolute Gasteiger partial charge is 0.497 e. The van der Waals surface area contributed by atoms with Gasteiger partial charge in [-0.3, -0.25) is 9.59 Å². The van der Waals surface area contributed by atoms with E-state index in [0.717, 1.165) is 24.1 Å². The maximum Gasteiger partial charge on any atom is 0.254 e. The van der Waals surface area contributed by atoms with Crippen LogP contribution in [-0.4, -0.2) is 46.4 Å². The minimum atomic E-state index is -0.141. The highest BCUT2D eigenvalue weighted by atomic mass is 16.5. The molecule has 0 aliphatic heterocycles. The molecule has 1 aromatic heterocycles. The fraction of sp³-hybridized carbons (Fsp3) is 0.333. The zero-order valence-corrected chi connectivity index (χ0v) is 19.7. The molecule has 6 heteroatoms. The number of nitrogens with zero attached hydrogens (tertiary/aromatic N) is 3. The van der Waals surface area contributed by atoms with Gasteiger partial charge in [0.25, 0.3) is 5.91 Å². The highest BCUT2D eigenvalue weighted by Gasteiger charge is 2.23. The molecule has 0 saturated heterocycles. The first-order chi connectivity index (χ1) is 16.0. The van der Waals surface area contributed by atoms with Gasteiger partial charge in [0.1, 0.15) is 12.3 Å². The molecule has 1 heterocycles. The van der Waals surface area contributed by atoms with Gasteiger partial charge < -0.3 is 19.1 Å². The van der Waals surface area contributed by atoms with E-state index in [1.807, 2.05) is 65.2 Å². The first-order valence-electron chi connectivity index (χ1n) is 11.4. The first kappa shape index (κ1) is 24.1. The molecule has 0 aliphatic carbocycles. The maximum absolute atomic E-state index is 13.5. The quantitative estimate of drug-likeness (QED) is 0.435. The van der Waals surface area contributed by atoms with Crippen molar-refractivity contribution in [2.45, 2.75) is 32.9 Å². The molecule has 0 radical (unpaired) electrons. The Labute approximate surface area is 196 Å². The number of aryl methyl sites for hydroxylation is 1. The molecule has 174 valence electrons.